The summed E-state index contributed by atoms with van der Waals surface area (Å²) < 4.78 is 2.04. The molecule has 0 aliphatic rings. The number of benzene rings is 1. The zero-order valence-corrected chi connectivity index (χ0v) is 11.3. The van der Waals surface area contributed by atoms with Gasteiger partial charge >= 0.3 is 0 Å². The van der Waals surface area contributed by atoms with Gasteiger partial charge in [-0.15, -0.1) is 0 Å². The van der Waals surface area contributed by atoms with Crippen LogP contribution in [-0.2, 0) is 0 Å². The van der Waals surface area contributed by atoms with Gasteiger partial charge in [0.2, 0.25) is 4.77 Å². The minimum Gasteiger partial charge on any atom is -0.264 e. The van der Waals surface area contributed by atoms with Crippen LogP contribution in [0, 0.1) is 4.77 Å². The molecular formula is C14H11N5S. The number of H-pyrrole nitrogens is 1. The molecule has 2 aromatic heterocycles. The van der Waals surface area contributed by atoms with Crippen LogP contribution in [0.1, 0.15) is 5.56 Å². The van der Waals surface area contributed by atoms with Crippen molar-refractivity contribution in [1.29, 1.82) is 0 Å². The van der Waals surface area contributed by atoms with E-state index in [1.54, 1.807) is 23.3 Å². The van der Waals surface area contributed by atoms with E-state index < -0.39 is 0 Å². The van der Waals surface area contributed by atoms with Gasteiger partial charge < -0.3 is 0 Å². The first-order chi connectivity index (χ1) is 9.84. The lowest BCUT2D eigenvalue weighted by atomic mass is 10.2. The fourth-order valence-electron chi connectivity index (χ4n) is 1.75. The Kier molecular flexibility index (Phi) is 3.47. The van der Waals surface area contributed by atoms with Gasteiger partial charge in [-0.3, -0.25) is 4.98 Å². The van der Waals surface area contributed by atoms with Crippen molar-refractivity contribution < 1.29 is 0 Å². The van der Waals surface area contributed by atoms with Crippen molar-refractivity contribution in [2.24, 2.45) is 5.10 Å². The lowest BCUT2D eigenvalue weighted by Crippen LogP contribution is -1.95. The molecule has 0 saturated heterocycles. The highest BCUT2D eigenvalue weighted by Crippen LogP contribution is 2.16. The summed E-state index contributed by atoms with van der Waals surface area (Å²) in [4.78, 5) is 4.04. The average molecular weight is 281 g/mol. The van der Waals surface area contributed by atoms with Crippen molar-refractivity contribution in [1.82, 2.24) is 19.9 Å². The molecule has 98 valence electrons. The van der Waals surface area contributed by atoms with Gasteiger partial charge in [0.05, 0.1) is 6.21 Å². The zero-order valence-electron chi connectivity index (χ0n) is 10.5. The van der Waals surface area contributed by atoms with Gasteiger partial charge in [0.1, 0.15) is 0 Å². The maximum atomic E-state index is 5.20. The summed E-state index contributed by atoms with van der Waals surface area (Å²) in [5.41, 5.74) is 1.85. The highest BCUT2D eigenvalue weighted by atomic mass is 32.1. The minimum atomic E-state index is 0.448. The first-order valence-electron chi connectivity index (χ1n) is 6.02. The third-order valence-electron chi connectivity index (χ3n) is 2.69. The zero-order chi connectivity index (χ0) is 13.8. The Morgan fingerprint density at radius 2 is 2.00 bits per heavy atom. The Morgan fingerprint density at radius 3 is 2.75 bits per heavy atom. The van der Waals surface area contributed by atoms with E-state index in [9.17, 15) is 0 Å². The molecule has 0 aliphatic carbocycles. The molecule has 2 heterocycles. The predicted octanol–water partition coefficient (Wildman–Crippen LogP) is 2.88. The Bertz CT molecular complexity index is 774. The number of aromatic amines is 1. The molecule has 0 spiro atoms. The lowest BCUT2D eigenvalue weighted by molar-refractivity contribution is 0.871. The number of rotatable bonds is 3. The topological polar surface area (TPSA) is 58.9 Å². The van der Waals surface area contributed by atoms with Crippen molar-refractivity contribution in [2.75, 3.05) is 0 Å². The van der Waals surface area contributed by atoms with Gasteiger partial charge in [-0.1, -0.05) is 36.4 Å². The molecule has 6 heteroatoms. The summed E-state index contributed by atoms with van der Waals surface area (Å²) in [6.07, 6.45) is 5.15. The molecule has 1 N–H and O–H groups in total. The number of pyridine rings is 1. The fraction of sp³-hybridized carbons (Fsp3) is 0. The van der Waals surface area contributed by atoms with Crippen LogP contribution in [0.3, 0.4) is 0 Å². The standard InChI is InChI=1S/C14H11N5S/c20-14-18-17-13(12-6-2-1-3-7-12)19(14)16-10-11-5-4-8-15-9-11/h1-10H,(H,18,20). The molecule has 5 nitrogen and oxygen atoms in total. The van der Waals surface area contributed by atoms with Crippen LogP contribution in [0.25, 0.3) is 11.4 Å². The maximum absolute atomic E-state index is 5.20. The Labute approximate surface area is 120 Å². The second-order valence-electron chi connectivity index (χ2n) is 4.06. The van der Waals surface area contributed by atoms with E-state index >= 15 is 0 Å². The summed E-state index contributed by atoms with van der Waals surface area (Å²) in [5.74, 6) is 0.677. The Balaban J connectivity index is 2.01. The molecule has 3 rings (SSSR count). The lowest BCUT2D eigenvalue weighted by Gasteiger charge is -2.00. The molecule has 0 aliphatic heterocycles. The van der Waals surface area contributed by atoms with Crippen LogP contribution in [0.2, 0.25) is 0 Å². The summed E-state index contributed by atoms with van der Waals surface area (Å²) in [5, 5.41) is 11.3. The third-order valence-corrected chi connectivity index (χ3v) is 2.95. The smallest absolute Gasteiger partial charge is 0.216 e. The van der Waals surface area contributed by atoms with Gasteiger partial charge in [0, 0.05) is 23.5 Å². The molecule has 20 heavy (non-hydrogen) atoms. The highest BCUT2D eigenvalue weighted by molar-refractivity contribution is 7.71. The van der Waals surface area contributed by atoms with Gasteiger partial charge in [-0.2, -0.15) is 14.9 Å². The molecule has 3 aromatic rings. The van der Waals surface area contributed by atoms with Crippen LogP contribution in [0.4, 0.5) is 0 Å². The van der Waals surface area contributed by atoms with E-state index in [1.165, 1.54) is 0 Å². The largest absolute Gasteiger partial charge is 0.264 e. The Hall–Kier alpha value is -2.60. The van der Waals surface area contributed by atoms with E-state index in [4.69, 9.17) is 12.2 Å². The van der Waals surface area contributed by atoms with Gasteiger partial charge in [0.15, 0.2) is 5.82 Å². The van der Waals surface area contributed by atoms with Gasteiger partial charge in [0.25, 0.3) is 0 Å². The normalized spacial score (nSPS) is 11.0. The molecular weight excluding hydrogens is 270 g/mol. The molecule has 0 atom stereocenters. The quantitative estimate of drug-likeness (QED) is 0.593. The van der Waals surface area contributed by atoms with Crippen molar-refractivity contribution in [3.05, 3.63) is 65.2 Å². The van der Waals surface area contributed by atoms with Crippen LogP contribution >= 0.6 is 12.2 Å². The maximum Gasteiger partial charge on any atom is 0.216 e. The van der Waals surface area contributed by atoms with Crippen molar-refractivity contribution in [3.63, 3.8) is 0 Å². The predicted molar refractivity (Wildman–Crippen MR) is 80.1 cm³/mol. The molecule has 0 bridgehead atoms. The third kappa shape index (κ3) is 2.55. The first kappa shape index (κ1) is 12.4. The molecule has 0 radical (unpaired) electrons. The molecule has 0 unspecified atom stereocenters. The second kappa shape index (κ2) is 5.58. The van der Waals surface area contributed by atoms with E-state index in [2.05, 4.69) is 20.3 Å². The monoisotopic (exact) mass is 281 g/mol. The highest BCUT2D eigenvalue weighted by Gasteiger charge is 2.06. The summed E-state index contributed by atoms with van der Waals surface area (Å²) in [6, 6.07) is 13.5. The fourth-order valence-corrected chi connectivity index (χ4v) is 1.93. The van der Waals surface area contributed by atoms with E-state index in [-0.39, 0.29) is 0 Å². The van der Waals surface area contributed by atoms with Crippen LogP contribution in [0.15, 0.2) is 60.0 Å². The van der Waals surface area contributed by atoms with Crippen LogP contribution in [-0.4, -0.2) is 26.1 Å². The number of aromatic nitrogens is 4. The van der Waals surface area contributed by atoms with Crippen molar-refractivity contribution in [2.45, 2.75) is 0 Å². The Morgan fingerprint density at radius 1 is 1.15 bits per heavy atom. The number of nitrogens with one attached hydrogen (secondary N) is 1. The molecule has 1 aromatic carbocycles. The second-order valence-corrected chi connectivity index (χ2v) is 4.45. The molecule has 0 amide bonds. The molecule has 0 saturated carbocycles. The van der Waals surface area contributed by atoms with Crippen LogP contribution < -0.4 is 0 Å². The van der Waals surface area contributed by atoms with Crippen LogP contribution in [0.5, 0.6) is 0 Å². The minimum absolute atomic E-state index is 0.448. The average Bonchev–Trinajstić information content (AvgIpc) is 2.88. The van der Waals surface area contributed by atoms with Crippen molar-refractivity contribution >= 4 is 18.4 Å². The summed E-state index contributed by atoms with van der Waals surface area (Å²) in [7, 11) is 0. The summed E-state index contributed by atoms with van der Waals surface area (Å²) in [6.45, 7) is 0. The molecule has 0 fully saturated rings. The van der Waals surface area contributed by atoms with E-state index in [0.717, 1.165) is 11.1 Å². The SMILES string of the molecule is S=c1[nH]nc(-c2ccccc2)n1N=Cc1cccnc1. The summed E-state index contributed by atoms with van der Waals surface area (Å²) >= 11 is 5.20. The van der Waals surface area contributed by atoms with Crippen molar-refractivity contribution in [3.8, 4) is 11.4 Å². The van der Waals surface area contributed by atoms with E-state index in [1.807, 2.05) is 42.5 Å². The number of nitrogens with zero attached hydrogens (tertiary/aromatic N) is 4. The number of hydrogen-bond donors (Lipinski definition) is 1. The van der Waals surface area contributed by atoms with Gasteiger partial charge in [-0.05, 0) is 18.3 Å². The van der Waals surface area contributed by atoms with E-state index in [0.29, 0.717) is 10.6 Å². The first-order valence-corrected chi connectivity index (χ1v) is 6.42. The van der Waals surface area contributed by atoms with Gasteiger partial charge in [-0.25, -0.2) is 5.10 Å². The number of hydrogen-bond acceptors (Lipinski definition) is 4.